The Labute approximate surface area is 188 Å². The molecule has 0 unspecified atom stereocenters. The van der Waals surface area contributed by atoms with Crippen molar-refractivity contribution < 1.29 is 14.3 Å². The Bertz CT molecular complexity index is 869. The normalized spacial score (nSPS) is 11.8. The van der Waals surface area contributed by atoms with Crippen LogP contribution in [0.2, 0.25) is 10.0 Å². The minimum Gasteiger partial charge on any atom is -0.482 e. The molecule has 2 amide bonds. The Balaban J connectivity index is 2.22. The maximum Gasteiger partial charge on any atom is 0.261 e. The molecule has 0 radical (unpaired) electrons. The van der Waals surface area contributed by atoms with Crippen LogP contribution in [0.1, 0.15) is 38.3 Å². The van der Waals surface area contributed by atoms with Gasteiger partial charge in [0.1, 0.15) is 11.8 Å². The van der Waals surface area contributed by atoms with Crippen LogP contribution in [0.25, 0.3) is 0 Å². The lowest BCUT2D eigenvalue weighted by Gasteiger charge is -2.31. The maximum absolute atomic E-state index is 13.1. The Kier molecular flexibility index (Phi) is 9.00. The first-order chi connectivity index (χ1) is 14.2. The molecule has 0 fully saturated rings. The first-order valence-corrected chi connectivity index (χ1v) is 10.7. The van der Waals surface area contributed by atoms with Gasteiger partial charge in [0.15, 0.2) is 6.61 Å². The molecule has 7 heteroatoms. The van der Waals surface area contributed by atoms with Gasteiger partial charge in [-0.2, -0.15) is 0 Å². The van der Waals surface area contributed by atoms with Gasteiger partial charge in [0.05, 0.1) is 5.02 Å². The van der Waals surface area contributed by atoms with Crippen LogP contribution in [0.3, 0.4) is 0 Å². The molecule has 0 aliphatic rings. The zero-order valence-electron chi connectivity index (χ0n) is 17.7. The lowest BCUT2D eigenvalue weighted by atomic mass is 10.1. The zero-order valence-corrected chi connectivity index (χ0v) is 19.3. The first kappa shape index (κ1) is 24.0. The molecule has 1 atom stereocenters. The number of halogens is 2. The number of aryl methyl sites for hydroxylation is 1. The molecular formula is C23H28Cl2N2O3. The Hall–Kier alpha value is -2.24. The van der Waals surface area contributed by atoms with Gasteiger partial charge >= 0.3 is 0 Å². The predicted molar refractivity (Wildman–Crippen MR) is 121 cm³/mol. The standard InChI is InChI=1S/C23H28Cl2N2O3/c1-5-20(23(29)26-15(2)3)27(13-17-8-6-16(4)7-9-17)22(28)14-30-21-11-10-18(24)12-19(21)25/h6-12,15,20H,5,13-14H2,1-4H3,(H,26,29)/t20-/m1/s1. The molecule has 0 heterocycles. The maximum atomic E-state index is 13.1. The largest absolute Gasteiger partial charge is 0.482 e. The van der Waals surface area contributed by atoms with Gasteiger partial charge in [-0.25, -0.2) is 0 Å². The molecule has 2 aromatic rings. The number of carbonyl (C=O) groups is 2. The molecule has 0 saturated carbocycles. The highest BCUT2D eigenvalue weighted by molar-refractivity contribution is 6.35. The van der Waals surface area contributed by atoms with Crippen LogP contribution in [0.15, 0.2) is 42.5 Å². The fourth-order valence-electron chi connectivity index (χ4n) is 3.01. The van der Waals surface area contributed by atoms with Crippen molar-refractivity contribution in [1.82, 2.24) is 10.2 Å². The van der Waals surface area contributed by atoms with Crippen molar-refractivity contribution in [2.24, 2.45) is 0 Å². The second-order valence-electron chi connectivity index (χ2n) is 7.46. The third-order valence-corrected chi connectivity index (χ3v) is 5.07. The van der Waals surface area contributed by atoms with Gasteiger partial charge in [-0.15, -0.1) is 0 Å². The number of carbonyl (C=O) groups excluding carboxylic acids is 2. The van der Waals surface area contributed by atoms with E-state index in [9.17, 15) is 9.59 Å². The predicted octanol–water partition coefficient (Wildman–Crippen LogP) is 5.01. The number of hydrogen-bond donors (Lipinski definition) is 1. The SMILES string of the molecule is CC[C@H](C(=O)NC(C)C)N(Cc1ccc(C)cc1)C(=O)COc1ccc(Cl)cc1Cl. The Morgan fingerprint density at radius 3 is 2.33 bits per heavy atom. The number of rotatable bonds is 9. The second-order valence-corrected chi connectivity index (χ2v) is 8.30. The summed E-state index contributed by atoms with van der Waals surface area (Å²) in [6.45, 7) is 7.74. The van der Waals surface area contributed by atoms with E-state index in [4.69, 9.17) is 27.9 Å². The smallest absolute Gasteiger partial charge is 0.261 e. The van der Waals surface area contributed by atoms with Crippen molar-refractivity contribution in [3.63, 3.8) is 0 Å². The summed E-state index contributed by atoms with van der Waals surface area (Å²) in [5.74, 6) is -0.116. The van der Waals surface area contributed by atoms with Crippen LogP contribution < -0.4 is 10.1 Å². The van der Waals surface area contributed by atoms with Crippen molar-refractivity contribution in [2.75, 3.05) is 6.61 Å². The number of hydrogen-bond acceptors (Lipinski definition) is 3. The van der Waals surface area contributed by atoms with E-state index >= 15 is 0 Å². The molecular weight excluding hydrogens is 423 g/mol. The van der Waals surface area contributed by atoms with Crippen molar-refractivity contribution in [2.45, 2.75) is 52.7 Å². The van der Waals surface area contributed by atoms with Gasteiger partial charge in [0.25, 0.3) is 5.91 Å². The van der Waals surface area contributed by atoms with Gasteiger partial charge in [0, 0.05) is 17.6 Å². The second kappa shape index (κ2) is 11.2. The van der Waals surface area contributed by atoms with E-state index in [1.165, 1.54) is 0 Å². The molecule has 0 spiro atoms. The summed E-state index contributed by atoms with van der Waals surface area (Å²) in [7, 11) is 0. The van der Waals surface area contributed by atoms with Crippen molar-refractivity contribution in [1.29, 1.82) is 0 Å². The molecule has 5 nitrogen and oxygen atoms in total. The minimum atomic E-state index is -0.606. The Morgan fingerprint density at radius 1 is 1.10 bits per heavy atom. The highest BCUT2D eigenvalue weighted by atomic mass is 35.5. The Morgan fingerprint density at radius 2 is 1.77 bits per heavy atom. The number of ether oxygens (including phenoxy) is 1. The molecule has 0 aliphatic carbocycles. The summed E-state index contributed by atoms with van der Waals surface area (Å²) in [5.41, 5.74) is 2.07. The van der Waals surface area contributed by atoms with Crippen LogP contribution >= 0.6 is 23.2 Å². The monoisotopic (exact) mass is 450 g/mol. The van der Waals surface area contributed by atoms with Gasteiger partial charge in [-0.1, -0.05) is 60.0 Å². The van der Waals surface area contributed by atoms with E-state index in [0.29, 0.717) is 28.8 Å². The summed E-state index contributed by atoms with van der Waals surface area (Å²) < 4.78 is 5.63. The summed E-state index contributed by atoms with van der Waals surface area (Å²) in [6, 6.07) is 12.1. The van der Waals surface area contributed by atoms with Crippen molar-refractivity contribution >= 4 is 35.0 Å². The molecule has 2 aromatic carbocycles. The third kappa shape index (κ3) is 6.92. The van der Waals surface area contributed by atoms with Gasteiger partial charge in [-0.3, -0.25) is 9.59 Å². The molecule has 0 aliphatic heterocycles. The highest BCUT2D eigenvalue weighted by Crippen LogP contribution is 2.27. The fourth-order valence-corrected chi connectivity index (χ4v) is 3.47. The van der Waals surface area contributed by atoms with Crippen molar-refractivity contribution in [3.8, 4) is 5.75 Å². The molecule has 0 saturated heterocycles. The van der Waals surface area contributed by atoms with E-state index in [1.54, 1.807) is 23.1 Å². The van der Waals surface area contributed by atoms with Gasteiger partial charge in [0.2, 0.25) is 5.91 Å². The lowest BCUT2D eigenvalue weighted by Crippen LogP contribution is -2.51. The highest BCUT2D eigenvalue weighted by Gasteiger charge is 2.29. The molecule has 30 heavy (non-hydrogen) atoms. The quantitative estimate of drug-likeness (QED) is 0.583. The molecule has 1 N–H and O–H groups in total. The van der Waals surface area contributed by atoms with Crippen LogP contribution in [0, 0.1) is 6.92 Å². The van der Waals surface area contributed by atoms with E-state index in [2.05, 4.69) is 5.32 Å². The average molecular weight is 451 g/mol. The summed E-state index contributed by atoms with van der Waals surface area (Å²) in [6.07, 6.45) is 0.484. The number of benzene rings is 2. The van der Waals surface area contributed by atoms with E-state index in [0.717, 1.165) is 11.1 Å². The summed E-state index contributed by atoms with van der Waals surface area (Å²) in [5, 5.41) is 3.71. The fraction of sp³-hybridized carbons (Fsp3) is 0.391. The van der Waals surface area contributed by atoms with Crippen molar-refractivity contribution in [3.05, 3.63) is 63.6 Å². The number of nitrogens with zero attached hydrogens (tertiary/aromatic N) is 1. The number of nitrogens with one attached hydrogen (secondary N) is 1. The minimum absolute atomic E-state index is 0.0213. The van der Waals surface area contributed by atoms with Crippen LogP contribution in [0.5, 0.6) is 5.75 Å². The average Bonchev–Trinajstić information content (AvgIpc) is 2.68. The molecule has 2 rings (SSSR count). The van der Waals surface area contributed by atoms with E-state index < -0.39 is 6.04 Å². The van der Waals surface area contributed by atoms with Gasteiger partial charge < -0.3 is 15.0 Å². The summed E-state index contributed by atoms with van der Waals surface area (Å²) in [4.78, 5) is 27.4. The van der Waals surface area contributed by atoms with E-state index in [-0.39, 0.29) is 24.5 Å². The molecule has 0 bridgehead atoms. The molecule has 0 aromatic heterocycles. The zero-order chi connectivity index (χ0) is 22.3. The van der Waals surface area contributed by atoms with Crippen LogP contribution in [0.4, 0.5) is 0 Å². The van der Waals surface area contributed by atoms with Crippen LogP contribution in [-0.2, 0) is 16.1 Å². The molecule has 162 valence electrons. The lowest BCUT2D eigenvalue weighted by molar-refractivity contribution is -0.143. The first-order valence-electron chi connectivity index (χ1n) is 9.94. The number of amides is 2. The van der Waals surface area contributed by atoms with Crippen LogP contribution in [-0.4, -0.2) is 35.4 Å². The third-order valence-electron chi connectivity index (χ3n) is 4.54. The summed E-state index contributed by atoms with van der Waals surface area (Å²) >= 11 is 12.0. The topological polar surface area (TPSA) is 58.6 Å². The van der Waals surface area contributed by atoms with E-state index in [1.807, 2.05) is 52.0 Å². The van der Waals surface area contributed by atoms with Gasteiger partial charge in [-0.05, 0) is 51.0 Å².